The quantitative estimate of drug-likeness (QED) is 0.910. The van der Waals surface area contributed by atoms with Crippen molar-refractivity contribution in [3.63, 3.8) is 0 Å². The SMILES string of the molecule is CCCC(CN)c1nc(C2COc3ccccc3O2)no1. The molecule has 3 rings (SSSR count). The molecule has 2 unspecified atom stereocenters. The van der Waals surface area contributed by atoms with E-state index < -0.39 is 0 Å². The summed E-state index contributed by atoms with van der Waals surface area (Å²) in [6.07, 6.45) is 1.61. The third-order valence-electron chi connectivity index (χ3n) is 3.52. The van der Waals surface area contributed by atoms with Crippen LogP contribution in [0.1, 0.15) is 43.5 Å². The zero-order valence-corrected chi connectivity index (χ0v) is 12.0. The summed E-state index contributed by atoms with van der Waals surface area (Å²) in [6, 6.07) is 7.55. The molecule has 21 heavy (non-hydrogen) atoms. The van der Waals surface area contributed by atoms with Crippen LogP contribution in [0.15, 0.2) is 28.8 Å². The van der Waals surface area contributed by atoms with Gasteiger partial charge in [-0.3, -0.25) is 0 Å². The molecule has 1 aliphatic heterocycles. The molecule has 0 amide bonds. The first-order valence-corrected chi connectivity index (χ1v) is 7.23. The summed E-state index contributed by atoms with van der Waals surface area (Å²) in [7, 11) is 0. The summed E-state index contributed by atoms with van der Waals surface area (Å²) >= 11 is 0. The summed E-state index contributed by atoms with van der Waals surface area (Å²) in [5.41, 5.74) is 5.76. The molecule has 0 saturated heterocycles. The van der Waals surface area contributed by atoms with Crippen molar-refractivity contribution in [3.05, 3.63) is 36.0 Å². The normalized spacial score (nSPS) is 18.5. The first-order chi connectivity index (χ1) is 10.3. The summed E-state index contributed by atoms with van der Waals surface area (Å²) in [6.45, 7) is 2.98. The molecule has 1 aromatic heterocycles. The Hall–Kier alpha value is -2.08. The van der Waals surface area contributed by atoms with E-state index in [-0.39, 0.29) is 12.0 Å². The lowest BCUT2D eigenvalue weighted by Crippen LogP contribution is -2.22. The minimum atomic E-state index is -0.350. The predicted octanol–water partition coefficient (Wildman–Crippen LogP) is 2.42. The highest BCUT2D eigenvalue weighted by Crippen LogP contribution is 2.35. The van der Waals surface area contributed by atoms with Gasteiger partial charge in [0, 0.05) is 6.54 Å². The highest BCUT2D eigenvalue weighted by atomic mass is 16.6. The van der Waals surface area contributed by atoms with Crippen molar-refractivity contribution in [3.8, 4) is 11.5 Å². The molecular weight excluding hydrogens is 270 g/mol. The lowest BCUT2D eigenvalue weighted by molar-refractivity contribution is 0.0832. The Morgan fingerprint density at radius 3 is 2.90 bits per heavy atom. The number of para-hydroxylation sites is 2. The minimum absolute atomic E-state index is 0.105. The van der Waals surface area contributed by atoms with Crippen LogP contribution in [0.3, 0.4) is 0 Å². The Kier molecular flexibility index (Phi) is 4.06. The standard InChI is InChI=1S/C15H19N3O3/c1-2-5-10(8-16)15-17-14(18-21-15)13-9-19-11-6-3-4-7-12(11)20-13/h3-4,6-7,10,13H,2,5,8-9,16H2,1H3. The number of rotatable bonds is 5. The maximum Gasteiger partial charge on any atom is 0.231 e. The summed E-state index contributed by atoms with van der Waals surface area (Å²) in [5.74, 6) is 2.63. The molecule has 2 aromatic rings. The third-order valence-corrected chi connectivity index (χ3v) is 3.52. The van der Waals surface area contributed by atoms with Crippen LogP contribution in [0.4, 0.5) is 0 Å². The van der Waals surface area contributed by atoms with Crippen LogP contribution in [0.25, 0.3) is 0 Å². The van der Waals surface area contributed by atoms with Crippen molar-refractivity contribution in [2.75, 3.05) is 13.2 Å². The van der Waals surface area contributed by atoms with E-state index in [4.69, 9.17) is 19.7 Å². The largest absolute Gasteiger partial charge is 0.485 e. The number of ether oxygens (including phenoxy) is 2. The van der Waals surface area contributed by atoms with Gasteiger partial charge in [-0.15, -0.1) is 0 Å². The number of fused-ring (bicyclic) bond motifs is 1. The van der Waals surface area contributed by atoms with E-state index in [0.29, 0.717) is 30.6 Å². The van der Waals surface area contributed by atoms with Crippen LogP contribution in [0, 0.1) is 0 Å². The second-order valence-electron chi connectivity index (χ2n) is 5.08. The number of aromatic nitrogens is 2. The molecule has 0 aliphatic carbocycles. The first kappa shape index (κ1) is 13.9. The smallest absolute Gasteiger partial charge is 0.231 e. The van der Waals surface area contributed by atoms with Crippen LogP contribution in [-0.4, -0.2) is 23.3 Å². The van der Waals surface area contributed by atoms with Gasteiger partial charge in [0.05, 0.1) is 5.92 Å². The first-order valence-electron chi connectivity index (χ1n) is 7.23. The van der Waals surface area contributed by atoms with Gasteiger partial charge in [-0.1, -0.05) is 30.6 Å². The molecular formula is C15H19N3O3. The Morgan fingerprint density at radius 2 is 2.14 bits per heavy atom. The summed E-state index contributed by atoms with van der Waals surface area (Å²) < 4.78 is 16.9. The topological polar surface area (TPSA) is 83.4 Å². The van der Waals surface area contributed by atoms with Gasteiger partial charge in [0.25, 0.3) is 0 Å². The van der Waals surface area contributed by atoms with E-state index in [2.05, 4.69) is 17.1 Å². The fourth-order valence-corrected chi connectivity index (χ4v) is 2.38. The number of hydrogen-bond donors (Lipinski definition) is 1. The van der Waals surface area contributed by atoms with E-state index in [1.165, 1.54) is 0 Å². The van der Waals surface area contributed by atoms with Gasteiger partial charge in [-0.05, 0) is 18.6 Å². The van der Waals surface area contributed by atoms with Crippen molar-refractivity contribution in [2.24, 2.45) is 5.73 Å². The van der Waals surface area contributed by atoms with Gasteiger partial charge in [0.15, 0.2) is 17.6 Å². The van der Waals surface area contributed by atoms with Crippen LogP contribution >= 0.6 is 0 Å². The van der Waals surface area contributed by atoms with Crippen molar-refractivity contribution < 1.29 is 14.0 Å². The molecule has 6 heteroatoms. The van der Waals surface area contributed by atoms with E-state index in [0.717, 1.165) is 18.6 Å². The average molecular weight is 289 g/mol. The molecule has 112 valence electrons. The Bertz CT molecular complexity index is 599. The highest BCUT2D eigenvalue weighted by Gasteiger charge is 2.28. The fraction of sp³-hybridized carbons (Fsp3) is 0.467. The fourth-order valence-electron chi connectivity index (χ4n) is 2.38. The zero-order chi connectivity index (χ0) is 14.7. The molecule has 1 aliphatic rings. The maximum atomic E-state index is 5.86. The molecule has 2 N–H and O–H groups in total. The number of hydrogen-bond acceptors (Lipinski definition) is 6. The zero-order valence-electron chi connectivity index (χ0n) is 12.0. The van der Waals surface area contributed by atoms with E-state index in [1.54, 1.807) is 0 Å². The lowest BCUT2D eigenvalue weighted by atomic mass is 10.0. The van der Waals surface area contributed by atoms with Crippen molar-refractivity contribution in [1.82, 2.24) is 10.1 Å². The van der Waals surface area contributed by atoms with Gasteiger partial charge in [0.2, 0.25) is 11.7 Å². The average Bonchev–Trinajstić information content (AvgIpc) is 3.02. The Labute approximate surface area is 123 Å². The molecule has 1 aromatic carbocycles. The molecule has 0 radical (unpaired) electrons. The van der Waals surface area contributed by atoms with E-state index in [1.807, 2.05) is 24.3 Å². The third kappa shape index (κ3) is 2.85. The Morgan fingerprint density at radius 1 is 1.33 bits per heavy atom. The molecule has 2 atom stereocenters. The molecule has 0 fully saturated rings. The molecule has 0 saturated carbocycles. The van der Waals surface area contributed by atoms with Crippen LogP contribution in [0.2, 0.25) is 0 Å². The van der Waals surface area contributed by atoms with Crippen LogP contribution < -0.4 is 15.2 Å². The van der Waals surface area contributed by atoms with Gasteiger partial charge in [-0.25, -0.2) is 0 Å². The number of nitrogens with two attached hydrogens (primary N) is 1. The van der Waals surface area contributed by atoms with E-state index in [9.17, 15) is 0 Å². The minimum Gasteiger partial charge on any atom is -0.485 e. The second-order valence-corrected chi connectivity index (χ2v) is 5.08. The van der Waals surface area contributed by atoms with Crippen LogP contribution in [0.5, 0.6) is 11.5 Å². The van der Waals surface area contributed by atoms with Crippen molar-refractivity contribution in [2.45, 2.75) is 31.8 Å². The van der Waals surface area contributed by atoms with Gasteiger partial charge < -0.3 is 19.7 Å². The molecule has 0 spiro atoms. The Balaban J connectivity index is 1.75. The van der Waals surface area contributed by atoms with Gasteiger partial charge >= 0.3 is 0 Å². The summed E-state index contributed by atoms with van der Waals surface area (Å²) in [5, 5.41) is 4.02. The monoisotopic (exact) mass is 289 g/mol. The summed E-state index contributed by atoms with van der Waals surface area (Å²) in [4.78, 5) is 4.43. The second kappa shape index (κ2) is 6.13. The van der Waals surface area contributed by atoms with Crippen molar-refractivity contribution in [1.29, 1.82) is 0 Å². The number of benzene rings is 1. The number of nitrogens with zero attached hydrogens (tertiary/aromatic N) is 2. The van der Waals surface area contributed by atoms with Gasteiger partial charge in [0.1, 0.15) is 6.61 Å². The van der Waals surface area contributed by atoms with E-state index >= 15 is 0 Å². The van der Waals surface area contributed by atoms with Crippen molar-refractivity contribution >= 4 is 0 Å². The van der Waals surface area contributed by atoms with Crippen LogP contribution in [-0.2, 0) is 0 Å². The molecule has 6 nitrogen and oxygen atoms in total. The van der Waals surface area contributed by atoms with Gasteiger partial charge in [-0.2, -0.15) is 4.98 Å². The molecule has 2 heterocycles. The highest BCUT2D eigenvalue weighted by molar-refractivity contribution is 5.40. The lowest BCUT2D eigenvalue weighted by Gasteiger charge is -2.24. The molecule has 0 bridgehead atoms. The predicted molar refractivity (Wildman–Crippen MR) is 76.3 cm³/mol. The maximum absolute atomic E-state index is 5.86.